The molecule has 1 aromatic carbocycles. The second-order valence-corrected chi connectivity index (χ2v) is 11.7. The van der Waals surface area contributed by atoms with Gasteiger partial charge in [0.05, 0.1) is 25.4 Å². The van der Waals surface area contributed by atoms with E-state index in [1.807, 2.05) is 29.6 Å². The molecule has 10 nitrogen and oxygen atoms in total. The molecule has 2 aromatic heterocycles. The summed E-state index contributed by atoms with van der Waals surface area (Å²) < 4.78 is 35.8. The average Bonchev–Trinajstić information content (AvgIpc) is 3.28. The van der Waals surface area contributed by atoms with Gasteiger partial charge in [-0.3, -0.25) is 9.59 Å². The molecule has 1 amide bonds. The largest absolute Gasteiger partial charge is 0.497 e. The summed E-state index contributed by atoms with van der Waals surface area (Å²) >= 11 is 1.30. The molecule has 1 aliphatic rings. The fraction of sp³-hybridized carbons (Fsp3) is 0.458. The topological polar surface area (TPSA) is 131 Å². The summed E-state index contributed by atoms with van der Waals surface area (Å²) in [6.07, 6.45) is 3.73. The number of carbonyl (C=O) groups is 1. The molecule has 194 valence electrons. The fourth-order valence-corrected chi connectivity index (χ4v) is 6.03. The van der Waals surface area contributed by atoms with E-state index in [-0.39, 0.29) is 24.5 Å². The van der Waals surface area contributed by atoms with Crippen molar-refractivity contribution in [3.8, 4) is 5.75 Å². The highest BCUT2D eigenvalue weighted by molar-refractivity contribution is 7.88. The first-order valence-corrected chi connectivity index (χ1v) is 14.4. The standard InChI is InChI=1S/C24H30N4O6S2/c1-33-19-5-3-4-17(12-19)13-25-23(30)21-26-22(29)20-18(15-35-24(20)27-21)14-34-11-8-16-6-9-28(10-7-16)36(2,31)32/h3-5,12,15-16H,6-11,13-14H2,1-2H3,(H,25,30)(H,26,27,29). The van der Waals surface area contributed by atoms with E-state index in [0.29, 0.717) is 41.6 Å². The highest BCUT2D eigenvalue weighted by Gasteiger charge is 2.24. The maximum atomic E-state index is 12.7. The van der Waals surface area contributed by atoms with E-state index < -0.39 is 15.9 Å². The van der Waals surface area contributed by atoms with E-state index >= 15 is 0 Å². The van der Waals surface area contributed by atoms with Crippen molar-refractivity contribution in [3.63, 3.8) is 0 Å². The molecule has 3 aromatic rings. The van der Waals surface area contributed by atoms with E-state index in [4.69, 9.17) is 9.47 Å². The van der Waals surface area contributed by atoms with Gasteiger partial charge in [-0.15, -0.1) is 11.3 Å². The second kappa shape index (κ2) is 11.5. The Labute approximate surface area is 213 Å². The van der Waals surface area contributed by atoms with Gasteiger partial charge < -0.3 is 19.8 Å². The predicted molar refractivity (Wildman–Crippen MR) is 138 cm³/mol. The van der Waals surface area contributed by atoms with Crippen LogP contribution >= 0.6 is 11.3 Å². The zero-order valence-electron chi connectivity index (χ0n) is 20.3. The summed E-state index contributed by atoms with van der Waals surface area (Å²) in [6, 6.07) is 7.35. The number of H-pyrrole nitrogens is 1. The first-order valence-electron chi connectivity index (χ1n) is 11.7. The van der Waals surface area contributed by atoms with Crippen LogP contribution < -0.4 is 15.6 Å². The van der Waals surface area contributed by atoms with Crippen molar-refractivity contribution in [3.05, 3.63) is 57.0 Å². The van der Waals surface area contributed by atoms with Crippen molar-refractivity contribution in [2.24, 2.45) is 5.92 Å². The third kappa shape index (κ3) is 6.49. The Kier molecular flexibility index (Phi) is 8.39. The van der Waals surface area contributed by atoms with E-state index in [1.54, 1.807) is 7.11 Å². The minimum Gasteiger partial charge on any atom is -0.497 e. The van der Waals surface area contributed by atoms with Gasteiger partial charge in [-0.1, -0.05) is 12.1 Å². The van der Waals surface area contributed by atoms with Crippen molar-refractivity contribution in [1.82, 2.24) is 19.6 Å². The number of nitrogens with one attached hydrogen (secondary N) is 2. The molecule has 1 aliphatic heterocycles. The third-order valence-corrected chi connectivity index (χ3v) is 8.52. The number of rotatable bonds is 10. The van der Waals surface area contributed by atoms with Crippen LogP contribution in [0.25, 0.3) is 10.2 Å². The number of amides is 1. The Morgan fingerprint density at radius 3 is 2.81 bits per heavy atom. The molecule has 0 bridgehead atoms. The minimum atomic E-state index is -3.12. The lowest BCUT2D eigenvalue weighted by molar-refractivity contribution is 0.0940. The molecule has 12 heteroatoms. The number of ether oxygens (including phenoxy) is 2. The third-order valence-electron chi connectivity index (χ3n) is 6.29. The zero-order valence-corrected chi connectivity index (χ0v) is 21.9. The fourth-order valence-electron chi connectivity index (χ4n) is 4.23. The minimum absolute atomic E-state index is 0.0369. The molecule has 0 unspecified atom stereocenters. The molecule has 0 radical (unpaired) electrons. The summed E-state index contributed by atoms with van der Waals surface area (Å²) in [5, 5.41) is 5.03. The molecule has 0 aliphatic carbocycles. The van der Waals surface area contributed by atoms with Crippen molar-refractivity contribution in [1.29, 1.82) is 0 Å². The Hall–Kier alpha value is -2.80. The number of piperidine rings is 1. The van der Waals surface area contributed by atoms with Crippen molar-refractivity contribution in [2.75, 3.05) is 33.1 Å². The Morgan fingerprint density at radius 2 is 2.08 bits per heavy atom. The summed E-state index contributed by atoms with van der Waals surface area (Å²) in [7, 11) is -1.54. The van der Waals surface area contributed by atoms with Crippen LogP contribution in [-0.2, 0) is 27.9 Å². The molecule has 1 fully saturated rings. The van der Waals surface area contributed by atoms with E-state index in [0.717, 1.165) is 30.4 Å². The van der Waals surface area contributed by atoms with Crippen molar-refractivity contribution < 1.29 is 22.7 Å². The summed E-state index contributed by atoms with van der Waals surface area (Å²) in [5.74, 6) is 0.612. The lowest BCUT2D eigenvalue weighted by Crippen LogP contribution is -2.37. The number of sulfonamides is 1. The van der Waals surface area contributed by atoms with Crippen LogP contribution in [0.3, 0.4) is 0 Å². The highest BCUT2D eigenvalue weighted by Crippen LogP contribution is 2.24. The predicted octanol–water partition coefficient (Wildman–Crippen LogP) is 2.50. The van der Waals surface area contributed by atoms with Crippen LogP contribution in [-0.4, -0.2) is 61.7 Å². The number of nitrogens with zero attached hydrogens (tertiary/aromatic N) is 2. The molecule has 0 saturated carbocycles. The SMILES string of the molecule is COc1cccc(CNC(=O)c2nc3scc(COCCC4CCN(S(C)(=O)=O)CC4)c3c(=O)[nH]2)c1. The maximum Gasteiger partial charge on any atom is 0.287 e. The Morgan fingerprint density at radius 1 is 1.31 bits per heavy atom. The molecule has 0 atom stereocenters. The van der Waals surface area contributed by atoms with Crippen LogP contribution in [0.5, 0.6) is 5.75 Å². The number of hydrogen-bond donors (Lipinski definition) is 2. The van der Waals surface area contributed by atoms with Crippen molar-refractivity contribution in [2.45, 2.75) is 32.4 Å². The van der Waals surface area contributed by atoms with Crippen LogP contribution in [0.4, 0.5) is 0 Å². The highest BCUT2D eigenvalue weighted by atomic mass is 32.2. The van der Waals surface area contributed by atoms with Crippen LogP contribution in [0.15, 0.2) is 34.4 Å². The van der Waals surface area contributed by atoms with Crippen molar-refractivity contribution >= 4 is 37.5 Å². The van der Waals surface area contributed by atoms with Crippen LogP contribution in [0, 0.1) is 5.92 Å². The number of methoxy groups -OCH3 is 1. The quantitative estimate of drug-likeness (QED) is 0.382. The molecular formula is C24H30N4O6S2. The van der Waals surface area contributed by atoms with E-state index in [2.05, 4.69) is 15.3 Å². The normalized spacial score (nSPS) is 15.3. The molecule has 0 spiro atoms. The van der Waals surface area contributed by atoms with Gasteiger partial charge in [0.15, 0.2) is 0 Å². The zero-order chi connectivity index (χ0) is 25.7. The molecule has 2 N–H and O–H groups in total. The number of benzene rings is 1. The number of hydrogen-bond acceptors (Lipinski definition) is 8. The first kappa shape index (κ1) is 26.3. The molecule has 3 heterocycles. The lowest BCUT2D eigenvalue weighted by atomic mass is 9.95. The van der Waals surface area contributed by atoms with Gasteiger partial charge in [-0.05, 0) is 48.3 Å². The van der Waals surface area contributed by atoms with E-state index in [1.165, 1.54) is 21.9 Å². The molecular weight excluding hydrogens is 504 g/mol. The van der Waals surface area contributed by atoms with Gasteiger partial charge >= 0.3 is 0 Å². The van der Waals surface area contributed by atoms with Crippen LogP contribution in [0.2, 0.25) is 0 Å². The molecule has 36 heavy (non-hydrogen) atoms. The number of aromatic nitrogens is 2. The van der Waals surface area contributed by atoms with Gasteiger partial charge in [-0.2, -0.15) is 0 Å². The smallest absolute Gasteiger partial charge is 0.287 e. The number of carbonyl (C=O) groups excluding carboxylic acids is 1. The van der Waals surface area contributed by atoms with Gasteiger partial charge in [0.25, 0.3) is 11.5 Å². The number of thiophene rings is 1. The summed E-state index contributed by atoms with van der Waals surface area (Å²) in [6.45, 7) is 2.17. The Balaban J connectivity index is 1.30. The molecule has 1 saturated heterocycles. The number of aromatic amines is 1. The van der Waals surface area contributed by atoms with Gasteiger partial charge in [0.1, 0.15) is 10.6 Å². The van der Waals surface area contributed by atoms with E-state index in [9.17, 15) is 18.0 Å². The van der Waals surface area contributed by atoms with Crippen LogP contribution in [0.1, 0.15) is 41.0 Å². The second-order valence-electron chi connectivity index (χ2n) is 8.84. The first-order chi connectivity index (χ1) is 17.2. The monoisotopic (exact) mass is 534 g/mol. The number of fused-ring (bicyclic) bond motifs is 1. The molecule has 4 rings (SSSR count). The van der Waals surface area contributed by atoms with Gasteiger partial charge in [0, 0.05) is 31.8 Å². The summed E-state index contributed by atoms with van der Waals surface area (Å²) in [5.41, 5.74) is 1.22. The lowest BCUT2D eigenvalue weighted by Gasteiger charge is -2.30. The summed E-state index contributed by atoms with van der Waals surface area (Å²) in [4.78, 5) is 32.7. The maximum absolute atomic E-state index is 12.7. The van der Waals surface area contributed by atoms with Gasteiger partial charge in [-0.25, -0.2) is 17.7 Å². The van der Waals surface area contributed by atoms with Gasteiger partial charge in [0.2, 0.25) is 15.8 Å². The average molecular weight is 535 g/mol. The Bertz CT molecular complexity index is 1380.